The quantitative estimate of drug-likeness (QED) is 0.0902. The second-order valence-electron chi connectivity index (χ2n) is 27.0. The number of rotatable bonds is 12. The lowest BCUT2D eigenvalue weighted by Crippen LogP contribution is -2.43. The van der Waals surface area contributed by atoms with E-state index in [4.69, 9.17) is 37.9 Å². The van der Waals surface area contributed by atoms with E-state index < -0.39 is 0 Å². The highest BCUT2D eigenvalue weighted by molar-refractivity contribution is 6.06. The number of pyridine rings is 6. The van der Waals surface area contributed by atoms with Gasteiger partial charge in [-0.2, -0.15) is 0 Å². The third-order valence-corrected chi connectivity index (χ3v) is 21.0. The fourth-order valence-electron chi connectivity index (χ4n) is 15.1. The average Bonchev–Trinajstić information content (AvgIpc) is 1.61. The molecule has 3 aliphatic carbocycles. The first-order valence-electron chi connectivity index (χ1n) is 34.3. The topological polar surface area (TPSA) is 217 Å². The summed E-state index contributed by atoms with van der Waals surface area (Å²) in [5.74, 6) is 2.21. The molecule has 6 aromatic carbocycles. The van der Waals surface area contributed by atoms with E-state index in [0.717, 1.165) is 140 Å². The second kappa shape index (κ2) is 25.2. The van der Waals surface area contributed by atoms with E-state index in [0.29, 0.717) is 29.5 Å². The van der Waals surface area contributed by atoms with Crippen LogP contribution in [0.5, 0.6) is 0 Å². The fraction of sp³-hybridized carbons (Fsp3) is 0.193. The minimum Gasteiger partial charge on any atom is -0.383 e. The van der Waals surface area contributed by atoms with Gasteiger partial charge in [0.2, 0.25) is 5.91 Å². The summed E-state index contributed by atoms with van der Waals surface area (Å²) in [5.41, 5.74) is 43.8. The van der Waals surface area contributed by atoms with Gasteiger partial charge in [-0.15, -0.1) is 0 Å². The summed E-state index contributed by atoms with van der Waals surface area (Å²) in [4.78, 5) is 42.2. The summed E-state index contributed by atoms with van der Waals surface area (Å²) in [7, 11) is 0. The molecule has 10 heterocycles. The highest BCUT2D eigenvalue weighted by atomic mass is 16.1. The van der Waals surface area contributed by atoms with E-state index in [1.165, 1.54) is 69.2 Å². The van der Waals surface area contributed by atoms with Crippen molar-refractivity contribution in [1.29, 1.82) is 0 Å². The maximum Gasteiger partial charge on any atom is 0.220 e. The minimum atomic E-state index is -0.223. The molecular formula is C83H74N14O. The summed E-state index contributed by atoms with van der Waals surface area (Å²) < 4.78 is 7.07. The maximum absolute atomic E-state index is 11.5. The summed E-state index contributed by atoms with van der Waals surface area (Å²) >= 11 is 0. The Morgan fingerprint density at radius 3 is 1.09 bits per heavy atom. The molecule has 15 nitrogen and oxygen atoms in total. The van der Waals surface area contributed by atoms with Gasteiger partial charge in [-0.1, -0.05) is 146 Å². The lowest BCUT2D eigenvalue weighted by Gasteiger charge is -2.42. The van der Waals surface area contributed by atoms with Crippen molar-refractivity contribution in [3.05, 3.63) is 237 Å². The molecule has 0 atom stereocenters. The van der Waals surface area contributed by atoms with Crippen molar-refractivity contribution in [2.24, 2.45) is 17.6 Å². The van der Waals surface area contributed by atoms with Gasteiger partial charge in [-0.25, -0.2) is 29.9 Å². The van der Waals surface area contributed by atoms with Crippen molar-refractivity contribution < 1.29 is 4.79 Å². The number of primary amides is 1. The monoisotopic (exact) mass is 1280 g/mol. The predicted molar refractivity (Wildman–Crippen MR) is 398 cm³/mol. The van der Waals surface area contributed by atoms with Crippen LogP contribution in [0.1, 0.15) is 69.5 Å². The zero-order chi connectivity index (χ0) is 66.0. The first kappa shape index (κ1) is 60.1. The third kappa shape index (κ3) is 11.3. The van der Waals surface area contributed by atoms with Crippen LogP contribution in [0.25, 0.3) is 133 Å². The Morgan fingerprint density at radius 2 is 0.755 bits per heavy atom. The van der Waals surface area contributed by atoms with Gasteiger partial charge in [0.1, 0.15) is 17.5 Å². The Morgan fingerprint density at radius 1 is 0.398 bits per heavy atom. The molecule has 1 saturated heterocycles. The number of hydrogen-bond donors (Lipinski definition) is 4. The number of fused-ring (bicyclic) bond motifs is 6. The lowest BCUT2D eigenvalue weighted by atomic mass is 9.79. The molecule has 4 fully saturated rings. The van der Waals surface area contributed by atoms with Gasteiger partial charge in [-0.05, 0) is 142 Å². The fourth-order valence-corrected chi connectivity index (χ4v) is 15.1. The molecule has 1 aliphatic heterocycles. The zero-order valence-electron chi connectivity index (χ0n) is 54.4. The van der Waals surface area contributed by atoms with Gasteiger partial charge in [0.15, 0.2) is 0 Å². The van der Waals surface area contributed by atoms with Crippen molar-refractivity contribution in [1.82, 2.24) is 48.5 Å². The van der Waals surface area contributed by atoms with Crippen molar-refractivity contribution in [2.45, 2.75) is 69.5 Å². The SMILES string of the molecule is NC(=O)C1CC(n2cc(-c3ccc4ccc(-c5ccccc5)nc4c3)c3c(N)nccc32)C1.Nc1nccc2c1c(-c1ccc3ccc(-c4ccccc4)nc3c1)cn2C1CC(CN2CCC2)C1.Nc1nccc2c1c(-c1ccc3ccc(-c4ccccc4)nc3c1)cn2C1CCC1. The highest BCUT2D eigenvalue weighted by Gasteiger charge is 2.36. The molecule has 19 rings (SSSR count). The van der Waals surface area contributed by atoms with Crippen LogP contribution in [0.4, 0.5) is 17.5 Å². The molecule has 4 aliphatic rings. The van der Waals surface area contributed by atoms with Gasteiger partial charge in [0.25, 0.3) is 0 Å². The first-order valence-corrected chi connectivity index (χ1v) is 34.3. The van der Waals surface area contributed by atoms with Gasteiger partial charge in [0, 0.05) is 133 Å². The Hall–Kier alpha value is -11.6. The average molecular weight is 1280 g/mol. The number of nitrogens with two attached hydrogens (primary N) is 4. The molecule has 3 saturated carbocycles. The number of nitrogens with zero attached hydrogens (tertiary/aromatic N) is 10. The number of likely N-dealkylation sites (tertiary alicyclic amines) is 1. The summed E-state index contributed by atoms with van der Waals surface area (Å²) in [6.45, 7) is 3.82. The van der Waals surface area contributed by atoms with E-state index in [1.54, 1.807) is 6.20 Å². The van der Waals surface area contributed by atoms with Gasteiger partial charge in [-0.3, -0.25) is 4.79 Å². The molecule has 482 valence electrons. The molecule has 15 aromatic rings. The van der Waals surface area contributed by atoms with Crippen LogP contribution < -0.4 is 22.9 Å². The van der Waals surface area contributed by atoms with Crippen LogP contribution in [0.3, 0.4) is 0 Å². The Labute approximate surface area is 567 Å². The number of amides is 1. The molecule has 0 bridgehead atoms. The maximum atomic E-state index is 11.5. The normalized spacial score (nSPS) is 17.6. The highest BCUT2D eigenvalue weighted by Crippen LogP contribution is 2.47. The number of hydrogen-bond acceptors (Lipinski definition) is 11. The molecule has 0 spiro atoms. The summed E-state index contributed by atoms with van der Waals surface area (Å²) in [6.07, 6.45) is 21.2. The van der Waals surface area contributed by atoms with Crippen LogP contribution >= 0.6 is 0 Å². The summed E-state index contributed by atoms with van der Waals surface area (Å²) in [6, 6.07) is 70.3. The lowest BCUT2D eigenvalue weighted by molar-refractivity contribution is -0.125. The van der Waals surface area contributed by atoms with E-state index in [-0.39, 0.29) is 17.9 Å². The van der Waals surface area contributed by atoms with Crippen molar-refractivity contribution >= 4 is 88.8 Å². The number of benzene rings is 6. The smallest absolute Gasteiger partial charge is 0.220 e. The van der Waals surface area contributed by atoms with Crippen molar-refractivity contribution in [2.75, 3.05) is 36.8 Å². The molecule has 15 heteroatoms. The number of anilines is 3. The van der Waals surface area contributed by atoms with Crippen LogP contribution in [0.2, 0.25) is 0 Å². The third-order valence-electron chi connectivity index (χ3n) is 21.0. The van der Waals surface area contributed by atoms with Gasteiger partial charge < -0.3 is 41.5 Å². The van der Waals surface area contributed by atoms with Gasteiger partial charge in [0.05, 0.1) is 50.2 Å². The van der Waals surface area contributed by atoms with E-state index in [2.05, 4.69) is 204 Å². The molecule has 0 unspecified atom stereocenters. The molecular weight excluding hydrogens is 1210 g/mol. The Bertz CT molecular complexity index is 5510. The van der Waals surface area contributed by atoms with E-state index in [9.17, 15) is 4.79 Å². The predicted octanol–water partition coefficient (Wildman–Crippen LogP) is 17.3. The van der Waals surface area contributed by atoms with E-state index >= 15 is 0 Å². The molecule has 9 aromatic heterocycles. The number of nitrogen functional groups attached to an aromatic ring is 3. The van der Waals surface area contributed by atoms with Crippen LogP contribution in [0.15, 0.2) is 237 Å². The van der Waals surface area contributed by atoms with Crippen LogP contribution in [0, 0.1) is 11.8 Å². The van der Waals surface area contributed by atoms with Crippen LogP contribution in [-0.4, -0.2) is 74.0 Å². The van der Waals surface area contributed by atoms with Crippen molar-refractivity contribution in [3.63, 3.8) is 0 Å². The Balaban J connectivity index is 0.000000111. The number of carbonyl (C=O) groups is 1. The van der Waals surface area contributed by atoms with Crippen LogP contribution in [-0.2, 0) is 4.79 Å². The minimum absolute atomic E-state index is 0.0589. The van der Waals surface area contributed by atoms with E-state index in [1.807, 2.05) is 60.9 Å². The summed E-state index contributed by atoms with van der Waals surface area (Å²) in [5, 5.41) is 6.37. The number of aromatic nitrogens is 9. The largest absolute Gasteiger partial charge is 0.383 e. The second-order valence-corrected chi connectivity index (χ2v) is 27.0. The van der Waals surface area contributed by atoms with Gasteiger partial charge >= 0.3 is 0 Å². The number of carbonyl (C=O) groups excluding carboxylic acids is 1. The first-order chi connectivity index (χ1) is 48.1. The molecule has 8 N–H and O–H groups in total. The Kier molecular flexibility index (Phi) is 15.5. The molecule has 98 heavy (non-hydrogen) atoms. The molecule has 0 radical (unpaired) electrons. The molecule has 1 amide bonds. The zero-order valence-corrected chi connectivity index (χ0v) is 54.4. The standard InChI is InChI=1S/C30H29N5.C27H23N5O.C26H22N4/c31-30-29-25(19-35(28(29)11-12-32-30)24-15-20(16-24)18-34-13-4-14-34)23-8-7-22-9-10-26(33-27(22)17-23)21-5-2-1-3-6-21;28-26-25-21(15-32(24(25)10-11-30-26)20-12-19(13-20)27(29)33)18-7-6-17-8-9-22(31-23(17)14-18)16-4-2-1-3-5-16;27-26-25-21(16-30(20-7-4-8-20)24(25)13-14-28-26)19-10-9-18-11-12-22(29-23(18)15-19)17-5-2-1-3-6-17/h1-3,5-12,17,19-20,24H,4,13-16,18H2,(H2,31,32);1-11,14-15,19-20H,12-13H2,(H2,28,30)(H2,29,33);1-3,5-6,9-16,20H,4,7-8H2,(H2,27,28). The van der Waals surface area contributed by atoms with Crippen molar-refractivity contribution in [3.8, 4) is 67.2 Å².